The highest BCUT2D eigenvalue weighted by Gasteiger charge is 2.17. The minimum atomic E-state index is 0.701. The van der Waals surface area contributed by atoms with Crippen molar-refractivity contribution in [3.05, 3.63) is 52.7 Å². The lowest BCUT2D eigenvalue weighted by Crippen LogP contribution is -1.94. The molecule has 0 radical (unpaired) electrons. The monoisotopic (exact) mass is 266 g/mol. The van der Waals surface area contributed by atoms with Gasteiger partial charge in [0.25, 0.3) is 0 Å². The average Bonchev–Trinajstić information content (AvgIpc) is 2.85. The van der Waals surface area contributed by atoms with E-state index in [-0.39, 0.29) is 0 Å². The van der Waals surface area contributed by atoms with Gasteiger partial charge in [-0.25, -0.2) is 4.98 Å². The first-order valence-electron chi connectivity index (χ1n) is 6.43. The van der Waals surface area contributed by atoms with Crippen molar-refractivity contribution in [1.29, 1.82) is 5.26 Å². The molecule has 0 amide bonds. The van der Waals surface area contributed by atoms with E-state index in [9.17, 15) is 5.26 Å². The van der Waals surface area contributed by atoms with Crippen LogP contribution in [-0.2, 0) is 12.8 Å². The number of aromatic nitrogens is 1. The lowest BCUT2D eigenvalue weighted by molar-refractivity contribution is 0.891. The number of hydrogen-bond donors (Lipinski definition) is 0. The summed E-state index contributed by atoms with van der Waals surface area (Å²) in [7, 11) is 0. The van der Waals surface area contributed by atoms with Crippen LogP contribution in [0, 0.1) is 18.3 Å². The van der Waals surface area contributed by atoms with Crippen molar-refractivity contribution >= 4 is 11.8 Å². The van der Waals surface area contributed by atoms with Crippen LogP contribution in [0.3, 0.4) is 0 Å². The van der Waals surface area contributed by atoms with Crippen molar-refractivity contribution in [1.82, 2.24) is 4.98 Å². The number of hydrogen-bond acceptors (Lipinski definition) is 3. The molecule has 0 aliphatic heterocycles. The summed E-state index contributed by atoms with van der Waals surface area (Å²) in [5, 5.41) is 10.1. The summed E-state index contributed by atoms with van der Waals surface area (Å²) in [4.78, 5) is 5.83. The molecule has 0 saturated heterocycles. The van der Waals surface area contributed by atoms with Gasteiger partial charge in [0, 0.05) is 10.6 Å². The lowest BCUT2D eigenvalue weighted by Gasteiger charge is -2.07. The molecular formula is C16H14N2S. The van der Waals surface area contributed by atoms with E-state index in [0.29, 0.717) is 5.56 Å². The van der Waals surface area contributed by atoms with E-state index >= 15 is 0 Å². The Labute approximate surface area is 117 Å². The Bertz CT molecular complexity index is 671. The van der Waals surface area contributed by atoms with Crippen molar-refractivity contribution < 1.29 is 0 Å². The second-order valence-electron chi connectivity index (χ2n) is 4.83. The van der Waals surface area contributed by atoms with Gasteiger partial charge in [-0.3, -0.25) is 0 Å². The average molecular weight is 266 g/mol. The van der Waals surface area contributed by atoms with E-state index in [4.69, 9.17) is 0 Å². The summed E-state index contributed by atoms with van der Waals surface area (Å²) < 4.78 is 0. The molecule has 1 aromatic heterocycles. The van der Waals surface area contributed by atoms with Crippen LogP contribution in [0.4, 0.5) is 0 Å². The van der Waals surface area contributed by atoms with Crippen LogP contribution < -0.4 is 0 Å². The minimum Gasteiger partial charge on any atom is -0.244 e. The molecule has 94 valence electrons. The molecule has 1 aliphatic rings. The molecule has 0 N–H and O–H groups in total. The third kappa shape index (κ3) is 2.50. The van der Waals surface area contributed by atoms with Crippen LogP contribution in [0.1, 0.15) is 28.8 Å². The molecule has 1 heterocycles. The quantitative estimate of drug-likeness (QED) is 0.827. The van der Waals surface area contributed by atoms with Gasteiger partial charge in [-0.15, -0.1) is 0 Å². The topological polar surface area (TPSA) is 36.7 Å². The Hall–Kier alpha value is -1.79. The predicted molar refractivity (Wildman–Crippen MR) is 76.3 cm³/mol. The zero-order valence-corrected chi connectivity index (χ0v) is 11.6. The zero-order chi connectivity index (χ0) is 13.2. The molecule has 0 saturated carbocycles. The summed E-state index contributed by atoms with van der Waals surface area (Å²) in [5.41, 5.74) is 4.36. The highest BCUT2D eigenvalue weighted by molar-refractivity contribution is 7.99. The maximum absolute atomic E-state index is 9.28. The number of benzene rings is 1. The second-order valence-corrected chi connectivity index (χ2v) is 5.89. The largest absolute Gasteiger partial charge is 0.244 e. The van der Waals surface area contributed by atoms with Gasteiger partial charge in [0.05, 0.1) is 5.56 Å². The predicted octanol–water partition coefficient (Wildman–Crippen LogP) is 3.90. The molecule has 3 rings (SSSR count). The van der Waals surface area contributed by atoms with Gasteiger partial charge >= 0.3 is 0 Å². The summed E-state index contributed by atoms with van der Waals surface area (Å²) in [6.45, 7) is 2.07. The van der Waals surface area contributed by atoms with E-state index in [1.165, 1.54) is 16.8 Å². The highest BCUT2D eigenvalue weighted by Crippen LogP contribution is 2.32. The summed E-state index contributed by atoms with van der Waals surface area (Å²) >= 11 is 1.59. The lowest BCUT2D eigenvalue weighted by atomic mass is 10.2. The van der Waals surface area contributed by atoms with Crippen LogP contribution in [0.2, 0.25) is 0 Å². The van der Waals surface area contributed by atoms with Gasteiger partial charge in [0.2, 0.25) is 0 Å². The Balaban J connectivity index is 1.99. The van der Waals surface area contributed by atoms with E-state index in [2.05, 4.69) is 36.2 Å². The van der Waals surface area contributed by atoms with Gasteiger partial charge in [0.15, 0.2) is 0 Å². The molecular weight excluding hydrogens is 252 g/mol. The fraction of sp³-hybridized carbons (Fsp3) is 0.250. The number of rotatable bonds is 2. The fourth-order valence-corrected chi connectivity index (χ4v) is 3.39. The first kappa shape index (κ1) is 12.3. The molecule has 0 fully saturated rings. The molecule has 2 nitrogen and oxygen atoms in total. The number of aryl methyl sites for hydroxylation is 3. The molecule has 3 heteroatoms. The van der Waals surface area contributed by atoms with Crippen LogP contribution in [-0.4, -0.2) is 4.98 Å². The van der Waals surface area contributed by atoms with Crippen molar-refractivity contribution in [3.8, 4) is 6.07 Å². The normalized spacial score (nSPS) is 13.1. The van der Waals surface area contributed by atoms with E-state index in [0.717, 1.165) is 29.2 Å². The maximum atomic E-state index is 9.28. The summed E-state index contributed by atoms with van der Waals surface area (Å²) in [5.74, 6) is 0. The van der Waals surface area contributed by atoms with Gasteiger partial charge in [-0.05, 0) is 49.9 Å². The van der Waals surface area contributed by atoms with Crippen LogP contribution in [0.15, 0.2) is 40.3 Å². The molecule has 1 aromatic carbocycles. The SMILES string of the molecule is Cc1cccc(Sc2nc3c(cc2C#N)CCC3)c1. The Morgan fingerprint density at radius 3 is 2.95 bits per heavy atom. The highest BCUT2D eigenvalue weighted by atomic mass is 32.2. The van der Waals surface area contributed by atoms with Crippen molar-refractivity contribution in [2.24, 2.45) is 0 Å². The Kier molecular flexibility index (Phi) is 3.27. The van der Waals surface area contributed by atoms with Crippen molar-refractivity contribution in [2.75, 3.05) is 0 Å². The van der Waals surface area contributed by atoms with E-state index in [1.54, 1.807) is 11.8 Å². The summed E-state index contributed by atoms with van der Waals surface area (Å²) in [6, 6.07) is 12.6. The molecule has 1 aliphatic carbocycles. The third-order valence-corrected chi connectivity index (χ3v) is 4.33. The molecule has 0 spiro atoms. The number of pyridine rings is 1. The Morgan fingerprint density at radius 2 is 2.16 bits per heavy atom. The Morgan fingerprint density at radius 1 is 1.26 bits per heavy atom. The molecule has 2 aromatic rings. The first-order valence-corrected chi connectivity index (χ1v) is 7.25. The van der Waals surface area contributed by atoms with Gasteiger partial charge in [-0.2, -0.15) is 5.26 Å². The first-order chi connectivity index (χ1) is 9.26. The van der Waals surface area contributed by atoms with E-state index in [1.807, 2.05) is 12.1 Å². The second kappa shape index (κ2) is 5.07. The number of nitrogens with zero attached hydrogens (tertiary/aromatic N) is 2. The smallest absolute Gasteiger partial charge is 0.119 e. The van der Waals surface area contributed by atoms with Gasteiger partial charge in [0.1, 0.15) is 11.1 Å². The standard InChI is InChI=1S/C16H14N2S/c1-11-4-2-6-14(8-11)19-16-13(10-17)9-12-5-3-7-15(12)18-16/h2,4,6,8-9H,3,5,7H2,1H3. The van der Waals surface area contributed by atoms with Crippen molar-refractivity contribution in [2.45, 2.75) is 36.1 Å². The zero-order valence-electron chi connectivity index (χ0n) is 10.8. The van der Waals surface area contributed by atoms with Crippen LogP contribution in [0.5, 0.6) is 0 Å². The van der Waals surface area contributed by atoms with Gasteiger partial charge in [-0.1, -0.05) is 29.5 Å². The summed E-state index contributed by atoms with van der Waals surface area (Å²) in [6.07, 6.45) is 3.26. The molecule has 0 unspecified atom stereocenters. The van der Waals surface area contributed by atoms with Gasteiger partial charge < -0.3 is 0 Å². The van der Waals surface area contributed by atoms with E-state index < -0.39 is 0 Å². The fourth-order valence-electron chi connectivity index (χ4n) is 2.40. The third-order valence-electron chi connectivity index (χ3n) is 3.34. The van der Waals surface area contributed by atoms with Crippen LogP contribution in [0.25, 0.3) is 0 Å². The van der Waals surface area contributed by atoms with Crippen LogP contribution >= 0.6 is 11.8 Å². The minimum absolute atomic E-state index is 0.701. The number of fused-ring (bicyclic) bond motifs is 1. The molecule has 0 bridgehead atoms. The maximum Gasteiger partial charge on any atom is 0.119 e. The number of nitriles is 1. The molecule has 0 atom stereocenters. The molecule has 19 heavy (non-hydrogen) atoms. The van der Waals surface area contributed by atoms with Crippen molar-refractivity contribution in [3.63, 3.8) is 0 Å².